The van der Waals surface area contributed by atoms with E-state index in [-0.39, 0.29) is 0 Å². The molecule has 0 saturated carbocycles. The number of nitrogens with zero attached hydrogens (tertiary/aromatic N) is 2. The van der Waals surface area contributed by atoms with Crippen molar-refractivity contribution in [2.24, 2.45) is 5.92 Å². The maximum absolute atomic E-state index is 5.87. The molecule has 4 rings (SSSR count). The zero-order valence-corrected chi connectivity index (χ0v) is 11.2. The van der Waals surface area contributed by atoms with Gasteiger partial charge in [-0.05, 0) is 51.1 Å². The third-order valence-electron chi connectivity index (χ3n) is 4.84. The van der Waals surface area contributed by atoms with Crippen LogP contribution in [0.5, 0.6) is 0 Å². The van der Waals surface area contributed by atoms with Crippen molar-refractivity contribution in [2.45, 2.75) is 56.7 Å². The maximum Gasteiger partial charge on any atom is 0.226 e. The van der Waals surface area contributed by atoms with Gasteiger partial charge in [0.1, 0.15) is 0 Å². The predicted molar refractivity (Wildman–Crippen MR) is 68.8 cm³/mol. The lowest BCUT2D eigenvalue weighted by atomic mass is 9.89. The lowest BCUT2D eigenvalue weighted by Crippen LogP contribution is -2.28. The Kier molecular flexibility index (Phi) is 3.04. The van der Waals surface area contributed by atoms with Crippen molar-refractivity contribution in [3.63, 3.8) is 0 Å². The summed E-state index contributed by atoms with van der Waals surface area (Å²) >= 11 is 0. The Bertz CT molecular complexity index is 442. The number of ether oxygens (including phenoxy) is 1. The van der Waals surface area contributed by atoms with Gasteiger partial charge in [0.25, 0.3) is 0 Å². The molecule has 0 spiro atoms. The first-order valence-electron chi connectivity index (χ1n) is 7.57. The van der Waals surface area contributed by atoms with E-state index in [9.17, 15) is 0 Å². The minimum atomic E-state index is 0.342. The molecule has 3 atom stereocenters. The molecule has 0 radical (unpaired) electrons. The molecule has 5 nitrogen and oxygen atoms in total. The number of piperidine rings is 1. The zero-order valence-electron chi connectivity index (χ0n) is 11.2. The van der Waals surface area contributed by atoms with Crippen LogP contribution in [0.1, 0.15) is 49.7 Å². The molecule has 3 aliphatic rings. The first-order valence-corrected chi connectivity index (χ1v) is 7.57. The molecule has 3 unspecified atom stereocenters. The van der Waals surface area contributed by atoms with Gasteiger partial charge in [-0.25, -0.2) is 0 Å². The van der Waals surface area contributed by atoms with Gasteiger partial charge in [-0.15, -0.1) is 0 Å². The smallest absolute Gasteiger partial charge is 0.226 e. The second kappa shape index (κ2) is 4.87. The molecule has 3 fully saturated rings. The Hall–Kier alpha value is -0.940. The Labute approximate surface area is 113 Å². The molecule has 1 aromatic rings. The van der Waals surface area contributed by atoms with Crippen LogP contribution in [0.4, 0.5) is 0 Å². The Morgan fingerprint density at radius 2 is 2.05 bits per heavy atom. The van der Waals surface area contributed by atoms with E-state index >= 15 is 0 Å². The van der Waals surface area contributed by atoms with Crippen LogP contribution in [0.2, 0.25) is 0 Å². The number of hydrogen-bond acceptors (Lipinski definition) is 5. The van der Waals surface area contributed by atoms with Gasteiger partial charge in [0.15, 0.2) is 5.82 Å². The average Bonchev–Trinajstić information content (AvgIpc) is 3.15. The van der Waals surface area contributed by atoms with Crippen LogP contribution in [0.25, 0.3) is 0 Å². The first-order chi connectivity index (χ1) is 9.38. The van der Waals surface area contributed by atoms with Gasteiger partial charge < -0.3 is 14.6 Å². The van der Waals surface area contributed by atoms with E-state index in [4.69, 9.17) is 9.26 Å². The quantitative estimate of drug-likeness (QED) is 0.898. The van der Waals surface area contributed by atoms with Crippen molar-refractivity contribution in [3.05, 3.63) is 11.7 Å². The number of aromatic nitrogens is 2. The van der Waals surface area contributed by atoms with E-state index in [1.54, 1.807) is 0 Å². The first kappa shape index (κ1) is 11.9. The fraction of sp³-hybridized carbons (Fsp3) is 0.857. The summed E-state index contributed by atoms with van der Waals surface area (Å²) in [7, 11) is 0. The van der Waals surface area contributed by atoms with E-state index in [2.05, 4.69) is 15.5 Å². The zero-order chi connectivity index (χ0) is 12.7. The predicted octanol–water partition coefficient (Wildman–Crippen LogP) is 1.65. The molecule has 0 aliphatic carbocycles. The van der Waals surface area contributed by atoms with Gasteiger partial charge in [0, 0.05) is 6.42 Å². The normalized spacial score (nSPS) is 35.1. The maximum atomic E-state index is 5.87. The van der Waals surface area contributed by atoms with Crippen LogP contribution in [-0.4, -0.2) is 35.4 Å². The second-order valence-corrected chi connectivity index (χ2v) is 6.16. The van der Waals surface area contributed by atoms with Crippen molar-refractivity contribution < 1.29 is 9.26 Å². The molecule has 3 aliphatic heterocycles. The SMILES string of the molecule is C1CC(Cc2nc(C3CC4CCC3O4)no2)CCN1. The van der Waals surface area contributed by atoms with Gasteiger partial charge in [-0.1, -0.05) is 5.16 Å². The van der Waals surface area contributed by atoms with Crippen LogP contribution in [0.15, 0.2) is 4.52 Å². The van der Waals surface area contributed by atoms with Gasteiger partial charge in [-0.3, -0.25) is 0 Å². The minimum absolute atomic E-state index is 0.342. The molecule has 3 saturated heterocycles. The molecule has 1 N–H and O–H groups in total. The minimum Gasteiger partial charge on any atom is -0.374 e. The van der Waals surface area contributed by atoms with Crippen molar-refractivity contribution in [1.82, 2.24) is 15.5 Å². The number of rotatable bonds is 3. The number of nitrogens with one attached hydrogen (secondary N) is 1. The summed E-state index contributed by atoms with van der Waals surface area (Å²) in [5.74, 6) is 2.79. The average molecular weight is 263 g/mol. The second-order valence-electron chi connectivity index (χ2n) is 6.16. The van der Waals surface area contributed by atoms with Crippen molar-refractivity contribution in [2.75, 3.05) is 13.1 Å². The van der Waals surface area contributed by atoms with Crippen LogP contribution in [0.3, 0.4) is 0 Å². The van der Waals surface area contributed by atoms with Crippen LogP contribution < -0.4 is 5.32 Å². The highest BCUT2D eigenvalue weighted by Crippen LogP contribution is 2.43. The highest BCUT2D eigenvalue weighted by Gasteiger charge is 2.43. The van der Waals surface area contributed by atoms with E-state index < -0.39 is 0 Å². The summed E-state index contributed by atoms with van der Waals surface area (Å²) in [5.41, 5.74) is 0. The molecule has 1 aromatic heterocycles. The van der Waals surface area contributed by atoms with E-state index in [0.29, 0.717) is 24.0 Å². The molecule has 0 amide bonds. The Balaban J connectivity index is 1.41. The lowest BCUT2D eigenvalue weighted by molar-refractivity contribution is 0.0996. The number of fused-ring (bicyclic) bond motifs is 2. The Morgan fingerprint density at radius 1 is 1.16 bits per heavy atom. The summed E-state index contributed by atoms with van der Waals surface area (Å²) < 4.78 is 11.3. The van der Waals surface area contributed by atoms with E-state index in [0.717, 1.165) is 44.1 Å². The monoisotopic (exact) mass is 263 g/mol. The van der Waals surface area contributed by atoms with Crippen molar-refractivity contribution >= 4 is 0 Å². The molecule has 104 valence electrons. The standard InChI is InChI=1S/C14H21N3O2/c1-2-12-11(8-10(1)18-12)14-16-13(19-17-14)7-9-3-5-15-6-4-9/h9-12,15H,1-8H2. The molecule has 0 aromatic carbocycles. The lowest BCUT2D eigenvalue weighted by Gasteiger charge is -2.20. The summed E-state index contributed by atoms with van der Waals surface area (Å²) in [6.07, 6.45) is 7.61. The number of hydrogen-bond donors (Lipinski definition) is 1. The third-order valence-corrected chi connectivity index (χ3v) is 4.84. The van der Waals surface area contributed by atoms with E-state index in [1.165, 1.54) is 19.3 Å². The van der Waals surface area contributed by atoms with Gasteiger partial charge in [-0.2, -0.15) is 4.98 Å². The van der Waals surface area contributed by atoms with Crippen molar-refractivity contribution in [1.29, 1.82) is 0 Å². The Morgan fingerprint density at radius 3 is 2.79 bits per heavy atom. The van der Waals surface area contributed by atoms with Gasteiger partial charge >= 0.3 is 0 Å². The molecular formula is C14H21N3O2. The highest BCUT2D eigenvalue weighted by atomic mass is 16.5. The molecule has 2 bridgehead atoms. The van der Waals surface area contributed by atoms with Gasteiger partial charge in [0.05, 0.1) is 18.1 Å². The summed E-state index contributed by atoms with van der Waals surface area (Å²) in [6, 6.07) is 0. The summed E-state index contributed by atoms with van der Waals surface area (Å²) in [6.45, 7) is 2.23. The highest BCUT2D eigenvalue weighted by molar-refractivity contribution is 5.07. The van der Waals surface area contributed by atoms with Crippen LogP contribution in [0, 0.1) is 5.92 Å². The third kappa shape index (κ3) is 2.30. The molecular weight excluding hydrogens is 242 g/mol. The molecule has 19 heavy (non-hydrogen) atoms. The topological polar surface area (TPSA) is 60.2 Å². The largest absolute Gasteiger partial charge is 0.374 e. The van der Waals surface area contributed by atoms with Crippen LogP contribution >= 0.6 is 0 Å². The molecule has 4 heterocycles. The summed E-state index contributed by atoms with van der Waals surface area (Å²) in [5, 5.41) is 7.59. The fourth-order valence-corrected chi connectivity index (χ4v) is 3.74. The molecule has 5 heteroatoms. The summed E-state index contributed by atoms with van der Waals surface area (Å²) in [4.78, 5) is 4.63. The van der Waals surface area contributed by atoms with Gasteiger partial charge in [0.2, 0.25) is 5.89 Å². The van der Waals surface area contributed by atoms with Crippen molar-refractivity contribution in [3.8, 4) is 0 Å². The van der Waals surface area contributed by atoms with Crippen LogP contribution in [-0.2, 0) is 11.2 Å². The van der Waals surface area contributed by atoms with E-state index in [1.807, 2.05) is 0 Å². The fourth-order valence-electron chi connectivity index (χ4n) is 3.74.